The Labute approximate surface area is 149 Å². The summed E-state index contributed by atoms with van der Waals surface area (Å²) in [4.78, 5) is 12.3. The lowest BCUT2D eigenvalue weighted by molar-refractivity contribution is -0.128. The Morgan fingerprint density at radius 1 is 1.21 bits per heavy atom. The molecule has 2 rings (SSSR count). The topological polar surface area (TPSA) is 38.3 Å². The average molecular weight is 346 g/mol. The molecule has 2 aromatic rings. The standard InChI is InChI=1S/C20H24ClNO2/c1-3-19(24-17-11-6-8-15(2)14-17)20(23)22-13-7-10-16-9-4-5-12-18(16)21/h4-6,8-9,11-12,14,19H,3,7,10,13H2,1-2H3,(H,22,23)/t19-/m0/s1. The maximum absolute atomic E-state index is 12.3. The van der Waals surface area contributed by atoms with Gasteiger partial charge in [-0.2, -0.15) is 0 Å². The lowest BCUT2D eigenvalue weighted by Gasteiger charge is -2.17. The van der Waals surface area contributed by atoms with E-state index >= 15 is 0 Å². The van der Waals surface area contributed by atoms with Crippen LogP contribution in [0.25, 0.3) is 0 Å². The van der Waals surface area contributed by atoms with Gasteiger partial charge < -0.3 is 10.1 Å². The van der Waals surface area contributed by atoms with Crippen LogP contribution in [0.5, 0.6) is 5.75 Å². The first kappa shape index (κ1) is 18.3. The Kier molecular flexibility index (Phi) is 7.13. The smallest absolute Gasteiger partial charge is 0.261 e. The van der Waals surface area contributed by atoms with Crippen LogP contribution in [-0.2, 0) is 11.2 Å². The zero-order valence-electron chi connectivity index (χ0n) is 14.2. The number of aryl methyl sites for hydroxylation is 2. The second-order valence-corrected chi connectivity index (χ2v) is 6.22. The summed E-state index contributed by atoms with van der Waals surface area (Å²) in [5, 5.41) is 3.73. The largest absolute Gasteiger partial charge is 0.481 e. The molecule has 0 heterocycles. The lowest BCUT2D eigenvalue weighted by Crippen LogP contribution is -2.38. The Bertz CT molecular complexity index is 672. The van der Waals surface area contributed by atoms with Crippen LogP contribution < -0.4 is 10.1 Å². The highest BCUT2D eigenvalue weighted by Gasteiger charge is 2.17. The van der Waals surface area contributed by atoms with E-state index in [0.29, 0.717) is 13.0 Å². The summed E-state index contributed by atoms with van der Waals surface area (Å²) in [7, 11) is 0. The Balaban J connectivity index is 1.78. The molecule has 0 fully saturated rings. The van der Waals surface area contributed by atoms with Crippen LogP contribution in [-0.4, -0.2) is 18.6 Å². The Morgan fingerprint density at radius 2 is 2.00 bits per heavy atom. The maximum Gasteiger partial charge on any atom is 0.261 e. The molecule has 0 saturated heterocycles. The number of rotatable bonds is 8. The van der Waals surface area contributed by atoms with E-state index < -0.39 is 6.10 Å². The fourth-order valence-electron chi connectivity index (χ4n) is 2.48. The van der Waals surface area contributed by atoms with Gasteiger partial charge in [0, 0.05) is 11.6 Å². The van der Waals surface area contributed by atoms with Crippen molar-refractivity contribution in [2.24, 2.45) is 0 Å². The van der Waals surface area contributed by atoms with Crippen molar-refractivity contribution in [3.8, 4) is 5.75 Å². The van der Waals surface area contributed by atoms with Crippen LogP contribution in [0.3, 0.4) is 0 Å². The highest BCUT2D eigenvalue weighted by molar-refractivity contribution is 6.31. The molecule has 0 aromatic heterocycles. The van der Waals surface area contributed by atoms with Gasteiger partial charge in [-0.3, -0.25) is 4.79 Å². The molecule has 0 aliphatic heterocycles. The van der Waals surface area contributed by atoms with Crippen LogP contribution in [0.15, 0.2) is 48.5 Å². The number of amides is 1. The molecule has 0 bridgehead atoms. The van der Waals surface area contributed by atoms with Crippen molar-refractivity contribution < 1.29 is 9.53 Å². The van der Waals surface area contributed by atoms with Gasteiger partial charge in [-0.25, -0.2) is 0 Å². The van der Waals surface area contributed by atoms with Gasteiger partial charge in [-0.15, -0.1) is 0 Å². The molecule has 0 aliphatic rings. The Hall–Kier alpha value is -2.00. The van der Waals surface area contributed by atoms with Crippen molar-refractivity contribution in [2.75, 3.05) is 6.54 Å². The number of nitrogens with one attached hydrogen (secondary N) is 1. The molecule has 0 radical (unpaired) electrons. The molecule has 1 amide bonds. The van der Waals surface area contributed by atoms with Gasteiger partial charge in [0.2, 0.25) is 0 Å². The van der Waals surface area contributed by atoms with E-state index in [4.69, 9.17) is 16.3 Å². The molecular formula is C20H24ClNO2. The fourth-order valence-corrected chi connectivity index (χ4v) is 2.71. The molecule has 0 spiro atoms. The van der Waals surface area contributed by atoms with E-state index in [-0.39, 0.29) is 5.91 Å². The average Bonchev–Trinajstić information content (AvgIpc) is 2.58. The summed E-state index contributed by atoms with van der Waals surface area (Å²) in [5.41, 5.74) is 2.22. The van der Waals surface area contributed by atoms with Crippen molar-refractivity contribution in [2.45, 2.75) is 39.2 Å². The van der Waals surface area contributed by atoms with Crippen LogP contribution in [0.4, 0.5) is 0 Å². The van der Waals surface area contributed by atoms with Crippen LogP contribution in [0.2, 0.25) is 5.02 Å². The molecule has 3 nitrogen and oxygen atoms in total. The minimum atomic E-state index is -0.466. The molecule has 1 atom stereocenters. The number of ether oxygens (including phenoxy) is 1. The molecule has 0 aliphatic carbocycles. The summed E-state index contributed by atoms with van der Waals surface area (Å²) >= 11 is 6.13. The third kappa shape index (κ3) is 5.57. The highest BCUT2D eigenvalue weighted by Crippen LogP contribution is 2.17. The first-order chi connectivity index (χ1) is 11.6. The van der Waals surface area contributed by atoms with E-state index in [1.54, 1.807) is 0 Å². The SMILES string of the molecule is CC[C@H](Oc1cccc(C)c1)C(=O)NCCCc1ccccc1Cl. The third-order valence-corrected chi connectivity index (χ3v) is 4.18. The van der Waals surface area contributed by atoms with Crippen molar-refractivity contribution in [3.05, 3.63) is 64.7 Å². The molecule has 2 aromatic carbocycles. The second-order valence-electron chi connectivity index (χ2n) is 5.82. The molecular weight excluding hydrogens is 322 g/mol. The number of hydrogen-bond acceptors (Lipinski definition) is 2. The summed E-state index contributed by atoms with van der Waals surface area (Å²) in [5.74, 6) is 0.659. The quantitative estimate of drug-likeness (QED) is 0.712. The zero-order valence-corrected chi connectivity index (χ0v) is 15.0. The minimum Gasteiger partial charge on any atom is -0.481 e. The van der Waals surface area contributed by atoms with E-state index in [1.807, 2.05) is 62.4 Å². The van der Waals surface area contributed by atoms with Crippen molar-refractivity contribution in [3.63, 3.8) is 0 Å². The Morgan fingerprint density at radius 3 is 2.71 bits per heavy atom. The van der Waals surface area contributed by atoms with E-state index in [9.17, 15) is 4.79 Å². The van der Waals surface area contributed by atoms with Crippen LogP contribution in [0, 0.1) is 6.92 Å². The molecule has 0 unspecified atom stereocenters. The van der Waals surface area contributed by atoms with Crippen molar-refractivity contribution >= 4 is 17.5 Å². The second kappa shape index (κ2) is 9.33. The van der Waals surface area contributed by atoms with Gasteiger partial charge in [0.25, 0.3) is 5.91 Å². The van der Waals surface area contributed by atoms with Crippen LogP contribution in [0.1, 0.15) is 30.9 Å². The highest BCUT2D eigenvalue weighted by atomic mass is 35.5. The maximum atomic E-state index is 12.3. The minimum absolute atomic E-state index is 0.0711. The van der Waals surface area contributed by atoms with Gasteiger partial charge in [-0.05, 0) is 55.5 Å². The fraction of sp³-hybridized carbons (Fsp3) is 0.350. The monoisotopic (exact) mass is 345 g/mol. The molecule has 24 heavy (non-hydrogen) atoms. The van der Waals surface area contributed by atoms with E-state index in [0.717, 1.165) is 34.7 Å². The summed E-state index contributed by atoms with van der Waals surface area (Å²) in [6, 6.07) is 15.5. The number of benzene rings is 2. The predicted molar refractivity (Wildman–Crippen MR) is 98.7 cm³/mol. The zero-order chi connectivity index (χ0) is 17.4. The number of hydrogen-bond donors (Lipinski definition) is 1. The first-order valence-corrected chi connectivity index (χ1v) is 8.72. The molecule has 0 saturated carbocycles. The summed E-state index contributed by atoms with van der Waals surface area (Å²) in [6.07, 6.45) is 1.85. The van der Waals surface area contributed by atoms with Gasteiger partial charge in [0.15, 0.2) is 6.10 Å². The van der Waals surface area contributed by atoms with Gasteiger partial charge in [-0.1, -0.05) is 48.9 Å². The van der Waals surface area contributed by atoms with Crippen molar-refractivity contribution in [1.29, 1.82) is 0 Å². The van der Waals surface area contributed by atoms with Crippen LogP contribution >= 0.6 is 11.6 Å². The van der Waals surface area contributed by atoms with Gasteiger partial charge >= 0.3 is 0 Å². The van der Waals surface area contributed by atoms with Gasteiger partial charge in [0.1, 0.15) is 5.75 Å². The normalized spacial score (nSPS) is 11.8. The van der Waals surface area contributed by atoms with Crippen molar-refractivity contribution in [1.82, 2.24) is 5.32 Å². The van der Waals surface area contributed by atoms with Gasteiger partial charge in [0.05, 0.1) is 0 Å². The molecule has 4 heteroatoms. The third-order valence-electron chi connectivity index (χ3n) is 3.81. The number of carbonyl (C=O) groups excluding carboxylic acids is 1. The number of carbonyl (C=O) groups is 1. The lowest BCUT2D eigenvalue weighted by atomic mass is 10.1. The summed E-state index contributed by atoms with van der Waals surface area (Å²) < 4.78 is 5.81. The summed E-state index contributed by atoms with van der Waals surface area (Å²) in [6.45, 7) is 4.56. The predicted octanol–water partition coefficient (Wildman–Crippen LogP) is 4.55. The molecule has 1 N–H and O–H groups in total. The van der Waals surface area contributed by atoms with E-state index in [2.05, 4.69) is 5.32 Å². The first-order valence-electron chi connectivity index (χ1n) is 8.34. The molecule has 128 valence electrons. The number of halogens is 1. The van der Waals surface area contributed by atoms with E-state index in [1.165, 1.54) is 0 Å².